The Labute approximate surface area is 106 Å². The van der Waals surface area contributed by atoms with Gasteiger partial charge >= 0.3 is 0 Å². The van der Waals surface area contributed by atoms with Crippen molar-refractivity contribution in [3.8, 4) is 0 Å². The van der Waals surface area contributed by atoms with Gasteiger partial charge in [0.25, 0.3) is 0 Å². The monoisotopic (exact) mass is 249 g/mol. The molecule has 17 heavy (non-hydrogen) atoms. The minimum absolute atomic E-state index is 0.637. The lowest BCUT2D eigenvalue weighted by Gasteiger charge is -2.54. The molecule has 0 amide bonds. The average Bonchev–Trinajstić information content (AvgIpc) is 2.30. The minimum atomic E-state index is 0.637. The SMILES string of the molecule is NC1=NN=C(C2C3CC4CC(C3)CC2C4)CS1. The molecule has 0 aromatic carbocycles. The third-order valence-corrected chi connectivity index (χ3v) is 6.07. The molecule has 1 heterocycles. The Hall–Kier alpha value is -0.510. The molecule has 0 radical (unpaired) electrons. The lowest BCUT2D eigenvalue weighted by atomic mass is 9.51. The van der Waals surface area contributed by atoms with E-state index in [1.807, 2.05) is 0 Å². The largest absolute Gasteiger partial charge is 0.377 e. The van der Waals surface area contributed by atoms with Gasteiger partial charge in [-0.1, -0.05) is 11.8 Å². The molecule has 92 valence electrons. The Balaban J connectivity index is 1.62. The zero-order chi connectivity index (χ0) is 11.4. The summed E-state index contributed by atoms with van der Waals surface area (Å²) < 4.78 is 0. The molecule has 0 aromatic rings. The molecule has 0 saturated heterocycles. The van der Waals surface area contributed by atoms with E-state index in [1.54, 1.807) is 11.8 Å². The van der Waals surface area contributed by atoms with Gasteiger partial charge in [-0.05, 0) is 55.8 Å². The van der Waals surface area contributed by atoms with Crippen molar-refractivity contribution in [2.45, 2.75) is 32.1 Å². The first kappa shape index (κ1) is 10.4. The molecule has 5 rings (SSSR count). The van der Waals surface area contributed by atoms with E-state index in [1.165, 1.54) is 37.8 Å². The van der Waals surface area contributed by atoms with Crippen LogP contribution in [0.15, 0.2) is 10.2 Å². The molecule has 4 bridgehead atoms. The lowest BCUT2D eigenvalue weighted by Crippen LogP contribution is -2.48. The van der Waals surface area contributed by atoms with Crippen molar-refractivity contribution in [3.63, 3.8) is 0 Å². The molecule has 0 atom stereocenters. The third-order valence-electron chi connectivity index (χ3n) is 5.26. The van der Waals surface area contributed by atoms with Gasteiger partial charge < -0.3 is 5.73 Å². The predicted octanol–water partition coefficient (Wildman–Crippen LogP) is 2.48. The molecule has 1 aliphatic heterocycles. The molecule has 0 spiro atoms. The molecule has 0 unspecified atom stereocenters. The van der Waals surface area contributed by atoms with Gasteiger partial charge in [0.05, 0.1) is 5.71 Å². The number of thioether (sulfide) groups is 1. The van der Waals surface area contributed by atoms with Gasteiger partial charge in [-0.25, -0.2) is 0 Å². The molecular formula is C13H19N3S. The number of nitrogens with two attached hydrogens (primary N) is 1. The molecule has 4 heteroatoms. The van der Waals surface area contributed by atoms with Crippen molar-refractivity contribution < 1.29 is 0 Å². The summed E-state index contributed by atoms with van der Waals surface area (Å²) in [7, 11) is 0. The lowest BCUT2D eigenvalue weighted by molar-refractivity contribution is -0.00840. The van der Waals surface area contributed by atoms with E-state index < -0.39 is 0 Å². The third kappa shape index (κ3) is 1.64. The van der Waals surface area contributed by atoms with E-state index in [4.69, 9.17) is 5.73 Å². The number of amidine groups is 1. The van der Waals surface area contributed by atoms with Crippen molar-refractivity contribution in [1.29, 1.82) is 0 Å². The molecule has 5 aliphatic rings. The van der Waals surface area contributed by atoms with Crippen molar-refractivity contribution >= 4 is 22.6 Å². The van der Waals surface area contributed by atoms with Crippen LogP contribution in [-0.2, 0) is 0 Å². The highest BCUT2D eigenvalue weighted by molar-refractivity contribution is 8.14. The van der Waals surface area contributed by atoms with E-state index in [0.29, 0.717) is 5.17 Å². The first-order chi connectivity index (χ1) is 8.29. The predicted molar refractivity (Wildman–Crippen MR) is 72.1 cm³/mol. The van der Waals surface area contributed by atoms with Gasteiger partial charge in [-0.15, -0.1) is 5.10 Å². The highest BCUT2D eigenvalue weighted by atomic mass is 32.2. The van der Waals surface area contributed by atoms with Gasteiger partial charge in [-0.3, -0.25) is 0 Å². The van der Waals surface area contributed by atoms with Crippen LogP contribution in [0.2, 0.25) is 0 Å². The number of hydrogen-bond donors (Lipinski definition) is 1. The molecule has 4 aliphatic carbocycles. The molecule has 0 aromatic heterocycles. The van der Waals surface area contributed by atoms with Crippen LogP contribution in [0, 0.1) is 29.6 Å². The highest BCUT2D eigenvalue weighted by Gasteiger charge is 2.49. The van der Waals surface area contributed by atoms with Gasteiger partial charge in [0.2, 0.25) is 0 Å². The van der Waals surface area contributed by atoms with Crippen molar-refractivity contribution in [2.75, 3.05) is 5.75 Å². The summed E-state index contributed by atoms with van der Waals surface area (Å²) >= 11 is 1.67. The van der Waals surface area contributed by atoms with Crippen LogP contribution < -0.4 is 5.73 Å². The van der Waals surface area contributed by atoms with Gasteiger partial charge in [-0.2, -0.15) is 5.10 Å². The highest BCUT2D eigenvalue weighted by Crippen LogP contribution is 2.57. The standard InChI is InChI=1S/C13H19N3S/c14-13-16-15-11(6-17-13)12-9-2-7-1-8(4-9)5-10(12)3-7/h7-10,12H,1-6H2,(H2,14,16). The number of nitrogens with zero attached hydrogens (tertiary/aromatic N) is 2. The van der Waals surface area contributed by atoms with Crippen molar-refractivity contribution in [2.24, 2.45) is 45.5 Å². The Kier molecular flexibility index (Phi) is 2.29. The molecule has 4 fully saturated rings. The molecule has 3 nitrogen and oxygen atoms in total. The number of rotatable bonds is 1. The minimum Gasteiger partial charge on any atom is -0.377 e. The summed E-state index contributed by atoms with van der Waals surface area (Å²) in [6, 6.07) is 0. The van der Waals surface area contributed by atoms with Crippen molar-refractivity contribution in [1.82, 2.24) is 0 Å². The van der Waals surface area contributed by atoms with Crippen LogP contribution in [0.4, 0.5) is 0 Å². The second-order valence-corrected chi connectivity index (χ2v) is 7.27. The summed E-state index contributed by atoms with van der Waals surface area (Å²) in [5.74, 6) is 5.65. The summed E-state index contributed by atoms with van der Waals surface area (Å²) in [6.45, 7) is 0. The van der Waals surface area contributed by atoms with E-state index in [9.17, 15) is 0 Å². The fourth-order valence-electron chi connectivity index (χ4n) is 4.95. The summed E-state index contributed by atoms with van der Waals surface area (Å²) in [6.07, 6.45) is 7.36. The van der Waals surface area contributed by atoms with E-state index in [-0.39, 0.29) is 0 Å². The average molecular weight is 249 g/mol. The topological polar surface area (TPSA) is 50.7 Å². The first-order valence-electron chi connectivity index (χ1n) is 6.82. The fraction of sp³-hybridized carbons (Fsp3) is 0.846. The first-order valence-corrected chi connectivity index (χ1v) is 7.81. The van der Waals surface area contributed by atoms with Crippen LogP contribution >= 0.6 is 11.8 Å². The molecule has 4 saturated carbocycles. The Bertz CT molecular complexity index is 373. The Morgan fingerprint density at radius 3 is 2.12 bits per heavy atom. The van der Waals surface area contributed by atoms with E-state index in [0.717, 1.165) is 35.3 Å². The zero-order valence-electron chi connectivity index (χ0n) is 10.0. The number of hydrogen-bond acceptors (Lipinski definition) is 4. The molecule has 2 N–H and O–H groups in total. The molecular weight excluding hydrogens is 230 g/mol. The zero-order valence-corrected chi connectivity index (χ0v) is 10.8. The van der Waals surface area contributed by atoms with Crippen LogP contribution in [0.25, 0.3) is 0 Å². The van der Waals surface area contributed by atoms with Gasteiger partial charge in [0.15, 0.2) is 5.17 Å². The van der Waals surface area contributed by atoms with Crippen LogP contribution in [-0.4, -0.2) is 16.6 Å². The van der Waals surface area contributed by atoms with Crippen molar-refractivity contribution in [3.05, 3.63) is 0 Å². The van der Waals surface area contributed by atoms with E-state index in [2.05, 4.69) is 10.2 Å². The van der Waals surface area contributed by atoms with E-state index >= 15 is 0 Å². The van der Waals surface area contributed by atoms with Crippen LogP contribution in [0.5, 0.6) is 0 Å². The summed E-state index contributed by atoms with van der Waals surface area (Å²) in [5.41, 5.74) is 7.02. The maximum atomic E-state index is 5.68. The quantitative estimate of drug-likeness (QED) is 0.776. The smallest absolute Gasteiger partial charge is 0.180 e. The van der Waals surface area contributed by atoms with Gasteiger partial charge in [0.1, 0.15) is 0 Å². The summed E-state index contributed by atoms with van der Waals surface area (Å²) in [5, 5.41) is 9.14. The summed E-state index contributed by atoms with van der Waals surface area (Å²) in [4.78, 5) is 0. The Morgan fingerprint density at radius 2 is 1.59 bits per heavy atom. The maximum absolute atomic E-state index is 5.68. The maximum Gasteiger partial charge on any atom is 0.180 e. The normalized spacial score (nSPS) is 47.9. The second kappa shape index (κ2) is 3.74. The Morgan fingerprint density at radius 1 is 0.941 bits per heavy atom. The van der Waals surface area contributed by atoms with Crippen LogP contribution in [0.3, 0.4) is 0 Å². The second-order valence-electron chi connectivity index (χ2n) is 6.27. The van der Waals surface area contributed by atoms with Crippen LogP contribution in [0.1, 0.15) is 32.1 Å². The van der Waals surface area contributed by atoms with Gasteiger partial charge in [0, 0.05) is 11.7 Å². The fourth-order valence-corrected chi connectivity index (χ4v) is 5.60.